The number of anilines is 2. The fraction of sp³-hybridized carbons (Fsp3) is 0.333. The molecule has 3 aromatic rings. The number of carbonyl (C=O) groups is 4. The third-order valence-electron chi connectivity index (χ3n) is 6.88. The summed E-state index contributed by atoms with van der Waals surface area (Å²) in [5.74, 6) is -3.06. The number of benzene rings is 2. The van der Waals surface area contributed by atoms with E-state index in [-0.39, 0.29) is 27.6 Å². The third kappa shape index (κ3) is 7.49. The lowest BCUT2D eigenvalue weighted by Crippen LogP contribution is -2.25. The molecule has 0 radical (unpaired) electrons. The van der Waals surface area contributed by atoms with Crippen molar-refractivity contribution in [1.29, 1.82) is 0 Å². The van der Waals surface area contributed by atoms with Gasteiger partial charge in [0.15, 0.2) is 0 Å². The molecular weight excluding hydrogens is 690 g/mol. The van der Waals surface area contributed by atoms with Gasteiger partial charge < -0.3 is 20.5 Å². The Kier molecular flexibility index (Phi) is 11.9. The summed E-state index contributed by atoms with van der Waals surface area (Å²) < 4.78 is 5.34. The number of hydrogen-bond donors (Lipinski definition) is 3. The molecule has 44 heavy (non-hydrogen) atoms. The molecule has 0 fully saturated rings. The predicted molar refractivity (Wildman–Crippen MR) is 178 cm³/mol. The highest BCUT2D eigenvalue weighted by Crippen LogP contribution is 2.42. The molecule has 4 rings (SSSR count). The lowest BCUT2D eigenvalue weighted by atomic mass is 10.1. The Morgan fingerprint density at radius 1 is 0.932 bits per heavy atom. The minimum absolute atomic E-state index is 0.235. The van der Waals surface area contributed by atoms with Gasteiger partial charge in [0.1, 0.15) is 5.00 Å². The standard InChI is InChI=1S/C30H28Cl4N2O6S2/c1-3-17(26(37)36-28-19(30(41)42-4-2)16-11-6-5-7-12-18(16)44-28)43-15-10-8-9-14(13-15)35-27(38)20-21(29(39)40)23(32)25(34)24(33)22(20)31/h8-10,13,17H,3-7,11-12H2,1-2H3,(H,35,38)(H,36,37)(H,39,40). The highest BCUT2D eigenvalue weighted by molar-refractivity contribution is 8.00. The number of carbonyl (C=O) groups excluding carboxylic acids is 3. The largest absolute Gasteiger partial charge is 0.478 e. The SMILES string of the molecule is CCOC(=O)c1c(NC(=O)C(CC)Sc2cccc(NC(=O)c3c(Cl)c(Cl)c(Cl)c(Cl)c3C(=O)O)c2)sc2c1CCCCC2. The van der Waals surface area contributed by atoms with E-state index in [1.807, 2.05) is 6.92 Å². The van der Waals surface area contributed by atoms with Crippen LogP contribution in [-0.2, 0) is 22.4 Å². The molecule has 1 aliphatic carbocycles. The van der Waals surface area contributed by atoms with Gasteiger partial charge >= 0.3 is 11.9 Å². The lowest BCUT2D eigenvalue weighted by Gasteiger charge is -2.16. The maximum absolute atomic E-state index is 13.5. The number of amides is 2. The lowest BCUT2D eigenvalue weighted by molar-refractivity contribution is -0.115. The van der Waals surface area contributed by atoms with Crippen LogP contribution in [0.4, 0.5) is 10.7 Å². The van der Waals surface area contributed by atoms with Gasteiger partial charge in [-0.15, -0.1) is 23.1 Å². The van der Waals surface area contributed by atoms with Crippen molar-refractivity contribution in [3.8, 4) is 0 Å². The van der Waals surface area contributed by atoms with Crippen molar-refractivity contribution >= 4 is 104 Å². The fourth-order valence-electron chi connectivity index (χ4n) is 4.82. The van der Waals surface area contributed by atoms with Gasteiger partial charge in [-0.2, -0.15) is 0 Å². The van der Waals surface area contributed by atoms with E-state index in [0.717, 1.165) is 42.5 Å². The second-order valence-electron chi connectivity index (χ2n) is 9.79. The number of fused-ring (bicyclic) bond motifs is 1. The van der Waals surface area contributed by atoms with Crippen molar-refractivity contribution in [2.75, 3.05) is 17.2 Å². The zero-order valence-electron chi connectivity index (χ0n) is 23.7. The molecule has 2 aromatic carbocycles. The Morgan fingerprint density at radius 3 is 2.27 bits per heavy atom. The van der Waals surface area contributed by atoms with Crippen molar-refractivity contribution in [1.82, 2.24) is 0 Å². The van der Waals surface area contributed by atoms with E-state index in [9.17, 15) is 24.3 Å². The summed E-state index contributed by atoms with van der Waals surface area (Å²) in [6.07, 6.45) is 5.21. The molecule has 0 saturated heterocycles. The summed E-state index contributed by atoms with van der Waals surface area (Å²) >= 11 is 27.1. The highest BCUT2D eigenvalue weighted by atomic mass is 35.5. The number of thioether (sulfide) groups is 1. The molecule has 0 spiro atoms. The van der Waals surface area contributed by atoms with Gasteiger partial charge in [-0.3, -0.25) is 9.59 Å². The van der Waals surface area contributed by atoms with Crippen LogP contribution in [0.3, 0.4) is 0 Å². The fourth-order valence-corrected chi connectivity index (χ4v) is 8.13. The van der Waals surface area contributed by atoms with Gasteiger partial charge in [0, 0.05) is 15.5 Å². The number of halogens is 4. The first-order valence-corrected chi connectivity index (χ1v) is 17.0. The van der Waals surface area contributed by atoms with E-state index in [0.29, 0.717) is 27.6 Å². The first-order valence-electron chi connectivity index (χ1n) is 13.8. The molecule has 1 aromatic heterocycles. The molecule has 0 aliphatic heterocycles. The molecule has 2 amide bonds. The van der Waals surface area contributed by atoms with Crippen LogP contribution in [0.5, 0.6) is 0 Å². The van der Waals surface area contributed by atoms with Gasteiger partial charge in [0.05, 0.1) is 48.6 Å². The number of carboxylic acids is 1. The summed E-state index contributed by atoms with van der Waals surface area (Å²) in [6.45, 7) is 3.86. The van der Waals surface area contributed by atoms with Gasteiger partial charge in [-0.1, -0.05) is 65.8 Å². The number of thiophene rings is 1. The molecule has 1 heterocycles. The average Bonchev–Trinajstić information content (AvgIpc) is 3.16. The molecule has 3 N–H and O–H groups in total. The quantitative estimate of drug-likeness (QED) is 0.0628. The van der Waals surface area contributed by atoms with E-state index >= 15 is 0 Å². The first-order chi connectivity index (χ1) is 21.0. The highest BCUT2D eigenvalue weighted by Gasteiger charge is 2.30. The Balaban J connectivity index is 1.54. The van der Waals surface area contributed by atoms with Gasteiger partial charge in [0.25, 0.3) is 5.91 Å². The maximum Gasteiger partial charge on any atom is 0.341 e. The van der Waals surface area contributed by atoms with Crippen LogP contribution in [0.15, 0.2) is 29.2 Å². The number of nitrogens with one attached hydrogen (secondary N) is 2. The minimum Gasteiger partial charge on any atom is -0.478 e. The first kappa shape index (κ1) is 34.4. The van der Waals surface area contributed by atoms with Crippen LogP contribution in [0.25, 0.3) is 0 Å². The number of aryl methyl sites for hydroxylation is 1. The predicted octanol–water partition coefficient (Wildman–Crippen LogP) is 9.27. The van der Waals surface area contributed by atoms with Crippen molar-refractivity contribution in [3.63, 3.8) is 0 Å². The minimum atomic E-state index is -1.50. The molecule has 1 aliphatic rings. The molecule has 8 nitrogen and oxygen atoms in total. The summed E-state index contributed by atoms with van der Waals surface area (Å²) in [6, 6.07) is 6.70. The van der Waals surface area contributed by atoms with E-state index in [1.165, 1.54) is 23.1 Å². The Labute approximate surface area is 282 Å². The Morgan fingerprint density at radius 2 is 1.61 bits per heavy atom. The Bertz CT molecular complexity index is 1630. The van der Waals surface area contributed by atoms with Crippen molar-refractivity contribution in [2.24, 2.45) is 0 Å². The summed E-state index contributed by atoms with van der Waals surface area (Å²) in [5, 5.41) is 14.0. The van der Waals surface area contributed by atoms with Crippen LogP contribution in [0.2, 0.25) is 20.1 Å². The van der Waals surface area contributed by atoms with Crippen molar-refractivity contribution < 1.29 is 29.0 Å². The van der Waals surface area contributed by atoms with Gasteiger partial charge in [-0.25, -0.2) is 9.59 Å². The van der Waals surface area contributed by atoms with E-state index in [2.05, 4.69) is 10.6 Å². The van der Waals surface area contributed by atoms with E-state index in [1.54, 1.807) is 31.2 Å². The van der Waals surface area contributed by atoms with Crippen LogP contribution < -0.4 is 10.6 Å². The molecule has 1 atom stereocenters. The van der Waals surface area contributed by atoms with Crippen LogP contribution in [0.1, 0.15) is 81.0 Å². The van der Waals surface area contributed by atoms with Crippen molar-refractivity contribution in [3.05, 3.63) is 71.5 Å². The topological polar surface area (TPSA) is 122 Å². The summed E-state index contributed by atoms with van der Waals surface area (Å²) in [7, 11) is 0. The van der Waals surface area contributed by atoms with Gasteiger partial charge in [-0.05, 0) is 62.8 Å². The second kappa shape index (κ2) is 15.2. The van der Waals surface area contributed by atoms with Crippen molar-refractivity contribution in [2.45, 2.75) is 62.5 Å². The molecule has 0 saturated carbocycles. The van der Waals surface area contributed by atoms with Crippen LogP contribution in [-0.4, -0.2) is 40.7 Å². The number of carboxylic acid groups (broad SMARTS) is 1. The zero-order valence-corrected chi connectivity index (χ0v) is 28.3. The van der Waals surface area contributed by atoms with Crippen LogP contribution >= 0.6 is 69.5 Å². The third-order valence-corrected chi connectivity index (χ3v) is 11.2. The summed E-state index contributed by atoms with van der Waals surface area (Å²) in [5.41, 5.74) is 0.726. The molecule has 234 valence electrons. The second-order valence-corrected chi connectivity index (χ2v) is 13.7. The van der Waals surface area contributed by atoms with E-state index < -0.39 is 39.2 Å². The molecule has 1 unspecified atom stereocenters. The molecule has 14 heteroatoms. The number of esters is 1. The van der Waals surface area contributed by atoms with Gasteiger partial charge in [0.2, 0.25) is 5.91 Å². The number of aromatic carboxylic acids is 1. The number of ether oxygens (including phenoxy) is 1. The van der Waals surface area contributed by atoms with E-state index in [4.69, 9.17) is 51.1 Å². The molecular formula is C30H28Cl4N2O6S2. The number of rotatable bonds is 10. The monoisotopic (exact) mass is 716 g/mol. The zero-order chi connectivity index (χ0) is 32.1. The Hall–Kier alpha value is -2.47. The molecule has 0 bridgehead atoms. The number of hydrogen-bond acceptors (Lipinski definition) is 7. The normalized spacial score (nSPS) is 13.4. The maximum atomic E-state index is 13.5. The smallest absolute Gasteiger partial charge is 0.341 e. The summed E-state index contributed by atoms with van der Waals surface area (Å²) in [4.78, 5) is 53.3. The van der Waals surface area contributed by atoms with Crippen LogP contribution in [0, 0.1) is 0 Å². The average molecular weight is 719 g/mol.